The number of halogens is 1. The van der Waals surface area contributed by atoms with Crippen molar-refractivity contribution in [3.8, 4) is 0 Å². The second-order valence-corrected chi connectivity index (χ2v) is 9.08. The first kappa shape index (κ1) is 22.9. The minimum atomic E-state index is -0.319. The van der Waals surface area contributed by atoms with Gasteiger partial charge in [0.15, 0.2) is 5.69 Å². The molecule has 0 bridgehead atoms. The Bertz CT molecular complexity index is 1190. The van der Waals surface area contributed by atoms with Crippen LogP contribution in [0.2, 0.25) is 0 Å². The molecule has 3 aromatic rings. The van der Waals surface area contributed by atoms with Crippen molar-refractivity contribution in [1.29, 1.82) is 0 Å². The lowest BCUT2D eigenvalue weighted by Crippen LogP contribution is -2.43. The average molecular weight is 448 g/mol. The molecular formula is C27H30FN3O2. The van der Waals surface area contributed by atoms with Crippen molar-refractivity contribution in [2.45, 2.75) is 52.1 Å². The molecular weight excluding hydrogens is 417 g/mol. The van der Waals surface area contributed by atoms with Crippen molar-refractivity contribution in [3.05, 3.63) is 99.2 Å². The molecule has 1 aliphatic heterocycles. The maximum atomic E-state index is 13.8. The highest BCUT2D eigenvalue weighted by Crippen LogP contribution is 2.34. The summed E-state index contributed by atoms with van der Waals surface area (Å²) in [6.07, 6.45) is 3.43. The number of carbonyl (C=O) groups is 1. The predicted octanol–water partition coefficient (Wildman–Crippen LogP) is 4.78. The zero-order valence-corrected chi connectivity index (χ0v) is 19.4. The van der Waals surface area contributed by atoms with Crippen molar-refractivity contribution in [2.24, 2.45) is 5.92 Å². The minimum Gasteiger partial charge on any atom is -0.334 e. The molecule has 1 saturated heterocycles. The number of amides is 1. The number of benzene rings is 2. The molecule has 5 nitrogen and oxygen atoms in total. The summed E-state index contributed by atoms with van der Waals surface area (Å²) in [5, 5.41) is 4.44. The number of rotatable bonds is 6. The topological polar surface area (TPSA) is 55.2 Å². The van der Waals surface area contributed by atoms with E-state index >= 15 is 0 Å². The fraction of sp³-hybridized carbons (Fsp3) is 0.370. The number of nitrogens with zero attached hydrogens (tertiary/aromatic N) is 3. The van der Waals surface area contributed by atoms with Crippen LogP contribution in [0.25, 0.3) is 0 Å². The lowest BCUT2D eigenvalue weighted by molar-refractivity contribution is 0.0673. The molecule has 0 radical (unpaired) electrons. The van der Waals surface area contributed by atoms with Crippen LogP contribution in [0.4, 0.5) is 4.39 Å². The summed E-state index contributed by atoms with van der Waals surface area (Å²) in [6.45, 7) is 6.97. The van der Waals surface area contributed by atoms with Gasteiger partial charge in [0.1, 0.15) is 5.82 Å². The quantitative estimate of drug-likeness (QED) is 0.546. The van der Waals surface area contributed by atoms with Crippen molar-refractivity contribution in [1.82, 2.24) is 14.7 Å². The Labute approximate surface area is 193 Å². The van der Waals surface area contributed by atoms with Crippen LogP contribution >= 0.6 is 0 Å². The summed E-state index contributed by atoms with van der Waals surface area (Å²) in [7, 11) is 0. The Kier molecular flexibility index (Phi) is 6.72. The molecule has 1 aromatic heterocycles. The summed E-state index contributed by atoms with van der Waals surface area (Å²) in [5.41, 5.74) is 2.12. The summed E-state index contributed by atoms with van der Waals surface area (Å²) < 4.78 is 15.4. The third-order valence-electron chi connectivity index (χ3n) is 6.86. The van der Waals surface area contributed by atoms with E-state index in [-0.39, 0.29) is 40.7 Å². The van der Waals surface area contributed by atoms with E-state index in [0.717, 1.165) is 24.0 Å². The SMILES string of the molecule is Cc1cn(Cc2ccccc2)nc(C(=O)N2CCC[C@@H]2[C@H](C)[C@H](C)c2cccc(F)c2)c1=O. The highest BCUT2D eigenvalue weighted by atomic mass is 19.1. The molecule has 0 aliphatic carbocycles. The van der Waals surface area contributed by atoms with Crippen LogP contribution in [-0.4, -0.2) is 33.2 Å². The lowest BCUT2D eigenvalue weighted by atomic mass is 9.83. The zero-order chi connectivity index (χ0) is 23.5. The van der Waals surface area contributed by atoms with Crippen molar-refractivity contribution < 1.29 is 9.18 Å². The molecule has 1 fully saturated rings. The van der Waals surface area contributed by atoms with Gasteiger partial charge in [0.25, 0.3) is 5.91 Å². The highest BCUT2D eigenvalue weighted by Gasteiger charge is 2.37. The van der Waals surface area contributed by atoms with Crippen LogP contribution in [0.5, 0.6) is 0 Å². The van der Waals surface area contributed by atoms with Gasteiger partial charge in [-0.25, -0.2) is 4.39 Å². The molecule has 1 amide bonds. The molecule has 33 heavy (non-hydrogen) atoms. The van der Waals surface area contributed by atoms with E-state index in [1.807, 2.05) is 36.4 Å². The maximum Gasteiger partial charge on any atom is 0.278 e. The average Bonchev–Trinajstić information content (AvgIpc) is 3.30. The Balaban J connectivity index is 1.59. The summed E-state index contributed by atoms with van der Waals surface area (Å²) in [5.74, 6) is -0.394. The first-order chi connectivity index (χ1) is 15.8. The molecule has 0 spiro atoms. The molecule has 3 atom stereocenters. The maximum absolute atomic E-state index is 13.8. The van der Waals surface area contributed by atoms with Gasteiger partial charge in [-0.05, 0) is 54.9 Å². The molecule has 0 unspecified atom stereocenters. The van der Waals surface area contributed by atoms with Crippen LogP contribution in [0.15, 0.2) is 65.6 Å². The first-order valence-electron chi connectivity index (χ1n) is 11.5. The second-order valence-electron chi connectivity index (χ2n) is 9.08. The number of hydrogen-bond acceptors (Lipinski definition) is 3. The summed E-state index contributed by atoms with van der Waals surface area (Å²) in [4.78, 5) is 28.2. The van der Waals surface area contributed by atoms with Crippen LogP contribution in [0.3, 0.4) is 0 Å². The molecule has 2 heterocycles. The van der Waals surface area contributed by atoms with Gasteiger partial charge in [-0.1, -0.05) is 56.3 Å². The lowest BCUT2D eigenvalue weighted by Gasteiger charge is -2.33. The smallest absolute Gasteiger partial charge is 0.278 e. The third kappa shape index (κ3) is 4.90. The number of hydrogen-bond donors (Lipinski definition) is 0. The highest BCUT2D eigenvalue weighted by molar-refractivity contribution is 5.92. The number of likely N-dealkylation sites (tertiary alicyclic amines) is 1. The van der Waals surface area contributed by atoms with Gasteiger partial charge < -0.3 is 4.90 Å². The van der Waals surface area contributed by atoms with E-state index in [2.05, 4.69) is 18.9 Å². The van der Waals surface area contributed by atoms with Gasteiger partial charge in [0.05, 0.1) is 6.54 Å². The Morgan fingerprint density at radius 2 is 1.91 bits per heavy atom. The fourth-order valence-corrected chi connectivity index (χ4v) is 4.82. The van der Waals surface area contributed by atoms with E-state index in [4.69, 9.17) is 0 Å². The van der Waals surface area contributed by atoms with E-state index < -0.39 is 0 Å². The molecule has 0 N–H and O–H groups in total. The predicted molar refractivity (Wildman–Crippen MR) is 127 cm³/mol. The van der Waals surface area contributed by atoms with Gasteiger partial charge in [0, 0.05) is 24.3 Å². The molecule has 172 valence electrons. The monoisotopic (exact) mass is 447 g/mol. The molecule has 1 aliphatic rings. The standard InChI is InChI=1S/C27H30FN3O2/c1-18-16-30(17-21-9-5-4-6-10-21)29-25(26(18)32)27(33)31-14-8-13-24(31)20(3)19(2)22-11-7-12-23(28)15-22/h4-7,9-12,15-16,19-20,24H,8,13-14,17H2,1-3H3/t19-,20+,24+/m0/s1. The van der Waals surface area contributed by atoms with Crippen molar-refractivity contribution >= 4 is 5.91 Å². The van der Waals surface area contributed by atoms with Gasteiger partial charge in [-0.3, -0.25) is 14.3 Å². The minimum absolute atomic E-state index is 0.0246. The molecule has 0 saturated carbocycles. The van der Waals surface area contributed by atoms with Gasteiger partial charge in [0.2, 0.25) is 5.43 Å². The van der Waals surface area contributed by atoms with Crippen molar-refractivity contribution in [2.75, 3.05) is 6.54 Å². The Hall–Kier alpha value is -3.28. The van der Waals surface area contributed by atoms with Crippen molar-refractivity contribution in [3.63, 3.8) is 0 Å². The number of aryl methyl sites for hydroxylation is 1. The van der Waals surface area contributed by atoms with Gasteiger partial charge >= 0.3 is 0 Å². The normalized spacial score (nSPS) is 17.7. The number of carbonyl (C=O) groups excluding carboxylic acids is 1. The Morgan fingerprint density at radius 1 is 1.15 bits per heavy atom. The van der Waals surface area contributed by atoms with Crippen LogP contribution in [-0.2, 0) is 6.54 Å². The molecule has 4 rings (SSSR count). The largest absolute Gasteiger partial charge is 0.334 e. The third-order valence-corrected chi connectivity index (χ3v) is 6.86. The van der Waals surface area contributed by atoms with E-state index in [1.54, 1.807) is 34.8 Å². The van der Waals surface area contributed by atoms with E-state index in [1.165, 1.54) is 6.07 Å². The fourth-order valence-electron chi connectivity index (χ4n) is 4.82. The van der Waals surface area contributed by atoms with Crippen LogP contribution in [0.1, 0.15) is 59.8 Å². The molecule has 2 aromatic carbocycles. The van der Waals surface area contributed by atoms with Crippen LogP contribution < -0.4 is 5.43 Å². The Morgan fingerprint density at radius 3 is 2.64 bits per heavy atom. The van der Waals surface area contributed by atoms with E-state index in [0.29, 0.717) is 18.7 Å². The second kappa shape index (κ2) is 9.69. The van der Waals surface area contributed by atoms with Crippen LogP contribution in [0, 0.1) is 18.7 Å². The number of aromatic nitrogens is 2. The van der Waals surface area contributed by atoms with E-state index in [9.17, 15) is 14.0 Å². The van der Waals surface area contributed by atoms with Gasteiger partial charge in [-0.15, -0.1) is 0 Å². The van der Waals surface area contributed by atoms with Gasteiger partial charge in [-0.2, -0.15) is 5.10 Å². The molecule has 6 heteroatoms. The first-order valence-corrected chi connectivity index (χ1v) is 11.5. The summed E-state index contributed by atoms with van der Waals surface area (Å²) in [6, 6.07) is 16.4. The zero-order valence-electron chi connectivity index (χ0n) is 19.4. The summed E-state index contributed by atoms with van der Waals surface area (Å²) >= 11 is 0.